The van der Waals surface area contributed by atoms with Crippen molar-refractivity contribution in [1.82, 2.24) is 0 Å². The standard InChI is InChI=1S/C32H49N2O6/c1-16(2)23(40-27(34)37)18-14-17(3)22-24(38-18)25(35)30(7)20-9-8-19-28(4,5)21(39-26(33)36)10-11-31(19)15-32(20,31)13-12-29(22,30)6/h16-17,19,21-23,25,35H,8-15H2,1-7H3,(H2,33,36)(H2,34,37)/t17-,19+,21?,22+,23-,25+,29-,30-,31-,32+/m1/s1. The highest BCUT2D eigenvalue weighted by Gasteiger charge is 2.85. The van der Waals surface area contributed by atoms with Gasteiger partial charge in [0.05, 0.1) is 6.10 Å². The van der Waals surface area contributed by atoms with Gasteiger partial charge in [-0.25, -0.2) is 9.59 Å². The summed E-state index contributed by atoms with van der Waals surface area (Å²) in [6.45, 7) is 15.5. The first-order valence-corrected chi connectivity index (χ1v) is 15.4. The fourth-order valence-corrected chi connectivity index (χ4v) is 11.7. The quantitative estimate of drug-likeness (QED) is 0.408. The summed E-state index contributed by atoms with van der Waals surface area (Å²) in [5, 5.41) is 12.3. The third-order valence-corrected chi connectivity index (χ3v) is 13.4. The molecule has 8 heteroatoms. The topological polar surface area (TPSA) is 134 Å². The maximum atomic E-state index is 12.3. The van der Waals surface area contributed by atoms with E-state index < -0.39 is 29.8 Å². The summed E-state index contributed by atoms with van der Waals surface area (Å²) in [5.41, 5.74) is 10.5. The minimum absolute atomic E-state index is 0.00937. The number of aliphatic hydroxyl groups is 1. The highest BCUT2D eigenvalue weighted by Crippen LogP contribution is 2.90. The van der Waals surface area contributed by atoms with Crippen LogP contribution in [0.2, 0.25) is 0 Å². The number of aliphatic hydroxyl groups excluding tert-OH is 1. The Kier molecular flexibility index (Phi) is 6.25. The number of carbonyl (C=O) groups is 2. The second-order valence-electron chi connectivity index (χ2n) is 15.5. The number of hydrogen-bond donors (Lipinski definition) is 3. The average Bonchev–Trinajstić information content (AvgIpc) is 3.48. The van der Waals surface area contributed by atoms with Gasteiger partial charge in [0.2, 0.25) is 0 Å². The molecule has 6 fully saturated rings. The third-order valence-electron chi connectivity index (χ3n) is 13.4. The van der Waals surface area contributed by atoms with E-state index in [1.807, 2.05) is 13.8 Å². The molecule has 8 nitrogen and oxygen atoms in total. The Morgan fingerprint density at radius 1 is 1.05 bits per heavy atom. The molecular weight excluding hydrogens is 508 g/mol. The van der Waals surface area contributed by atoms with Gasteiger partial charge in [0, 0.05) is 16.7 Å². The minimum atomic E-state index is -0.804. The highest BCUT2D eigenvalue weighted by molar-refractivity contribution is 5.65. The predicted molar refractivity (Wildman–Crippen MR) is 149 cm³/mol. The zero-order chi connectivity index (χ0) is 29.2. The van der Waals surface area contributed by atoms with E-state index in [-0.39, 0.29) is 45.5 Å². The monoisotopic (exact) mass is 557 g/mol. The number of rotatable bonds is 4. The third kappa shape index (κ3) is 3.38. The van der Waals surface area contributed by atoms with Crippen molar-refractivity contribution in [3.63, 3.8) is 0 Å². The number of fused-ring (bicyclic) bond motifs is 4. The second-order valence-corrected chi connectivity index (χ2v) is 15.5. The molecule has 0 aromatic rings. The average molecular weight is 558 g/mol. The van der Waals surface area contributed by atoms with Crippen molar-refractivity contribution in [2.45, 2.75) is 118 Å². The van der Waals surface area contributed by atoms with Crippen LogP contribution in [-0.4, -0.2) is 35.6 Å². The van der Waals surface area contributed by atoms with Crippen LogP contribution in [0.25, 0.3) is 0 Å². The summed E-state index contributed by atoms with van der Waals surface area (Å²) in [7, 11) is 0. The minimum Gasteiger partial charge on any atom is -0.446 e. The van der Waals surface area contributed by atoms with E-state index in [9.17, 15) is 14.7 Å². The normalized spacial score (nSPS) is 48.7. The Morgan fingerprint density at radius 2 is 1.75 bits per heavy atom. The smallest absolute Gasteiger partial charge is 0.404 e. The molecule has 0 bridgehead atoms. The number of amides is 2. The van der Waals surface area contributed by atoms with Crippen molar-refractivity contribution < 1.29 is 28.9 Å². The highest BCUT2D eigenvalue weighted by atomic mass is 16.6. The van der Waals surface area contributed by atoms with Gasteiger partial charge in [-0.2, -0.15) is 0 Å². The molecule has 223 valence electrons. The van der Waals surface area contributed by atoms with E-state index in [1.54, 1.807) is 5.92 Å². The lowest BCUT2D eigenvalue weighted by atomic mass is 9.41. The van der Waals surface area contributed by atoms with Crippen LogP contribution in [0, 0.1) is 68.9 Å². The molecule has 5 saturated carbocycles. The molecule has 0 aromatic heterocycles. The lowest BCUT2D eigenvalue weighted by molar-refractivity contribution is -0.125. The van der Waals surface area contributed by atoms with Crippen molar-refractivity contribution in [3.05, 3.63) is 18.1 Å². The van der Waals surface area contributed by atoms with Crippen molar-refractivity contribution in [2.75, 3.05) is 0 Å². The molecule has 3 radical (unpaired) electrons. The van der Waals surface area contributed by atoms with Gasteiger partial charge in [-0.3, -0.25) is 0 Å². The summed E-state index contributed by atoms with van der Waals surface area (Å²) in [4.78, 5) is 23.4. The zero-order valence-corrected chi connectivity index (χ0v) is 25.3. The molecule has 2 spiro atoms. The number of ether oxygens (including phenoxy) is 3. The summed E-state index contributed by atoms with van der Waals surface area (Å²) < 4.78 is 17.8. The van der Waals surface area contributed by atoms with Crippen LogP contribution in [0.4, 0.5) is 9.59 Å². The molecular formula is C32H49N2O6. The molecule has 5 N–H and O–H groups in total. The fourth-order valence-electron chi connectivity index (χ4n) is 11.7. The van der Waals surface area contributed by atoms with Crippen molar-refractivity contribution in [1.29, 1.82) is 0 Å². The Morgan fingerprint density at radius 3 is 2.38 bits per heavy atom. The van der Waals surface area contributed by atoms with E-state index in [0.29, 0.717) is 18.4 Å². The molecule has 10 atom stereocenters. The number of carbonyl (C=O) groups excluding carboxylic acids is 2. The predicted octanol–water partition coefficient (Wildman–Crippen LogP) is 5.67. The van der Waals surface area contributed by atoms with Crippen LogP contribution in [0.5, 0.6) is 0 Å². The fraction of sp³-hybridized carbons (Fsp3) is 0.844. The number of nitrogens with two attached hydrogens (primary N) is 2. The van der Waals surface area contributed by atoms with Gasteiger partial charge in [-0.15, -0.1) is 0 Å². The van der Waals surface area contributed by atoms with Crippen LogP contribution < -0.4 is 11.5 Å². The summed E-state index contributed by atoms with van der Waals surface area (Å²) in [6, 6.07) is 0. The maximum Gasteiger partial charge on any atom is 0.404 e. The molecule has 6 aliphatic rings. The molecule has 2 amide bonds. The molecule has 1 saturated heterocycles. The molecule has 1 heterocycles. The Labute approximate surface area is 239 Å². The molecule has 5 aliphatic carbocycles. The van der Waals surface area contributed by atoms with E-state index in [4.69, 9.17) is 25.7 Å². The zero-order valence-electron chi connectivity index (χ0n) is 25.3. The molecule has 0 aromatic carbocycles. The van der Waals surface area contributed by atoms with Gasteiger partial charge in [0.15, 0.2) is 0 Å². The van der Waals surface area contributed by atoms with Gasteiger partial charge in [-0.05, 0) is 91.3 Å². The summed E-state index contributed by atoms with van der Waals surface area (Å²) >= 11 is 0. The van der Waals surface area contributed by atoms with E-state index in [2.05, 4.69) is 34.6 Å². The molecule has 1 aliphatic heterocycles. The first kappa shape index (κ1) is 28.6. The van der Waals surface area contributed by atoms with Crippen LogP contribution in [0.1, 0.15) is 99.8 Å². The van der Waals surface area contributed by atoms with Gasteiger partial charge in [-0.1, -0.05) is 48.5 Å². The van der Waals surface area contributed by atoms with Gasteiger partial charge >= 0.3 is 12.2 Å². The summed E-state index contributed by atoms with van der Waals surface area (Å²) in [5.74, 6) is 2.39. The number of hydrogen-bond acceptors (Lipinski definition) is 6. The van der Waals surface area contributed by atoms with Crippen LogP contribution >= 0.6 is 0 Å². The first-order valence-electron chi connectivity index (χ1n) is 15.4. The van der Waals surface area contributed by atoms with Gasteiger partial charge < -0.3 is 30.8 Å². The first-order chi connectivity index (χ1) is 18.6. The van der Waals surface area contributed by atoms with E-state index >= 15 is 0 Å². The molecule has 1 unspecified atom stereocenters. The van der Waals surface area contributed by atoms with Crippen LogP contribution in [0.15, 0.2) is 0 Å². The second kappa shape index (κ2) is 8.75. The van der Waals surface area contributed by atoms with Crippen LogP contribution in [0.3, 0.4) is 0 Å². The lowest BCUT2D eigenvalue weighted by Gasteiger charge is -2.63. The Hall–Kier alpha value is -1.54. The van der Waals surface area contributed by atoms with Crippen molar-refractivity contribution >= 4 is 12.2 Å². The van der Waals surface area contributed by atoms with Gasteiger partial charge in [0.25, 0.3) is 0 Å². The Balaban J connectivity index is 1.32. The van der Waals surface area contributed by atoms with Crippen LogP contribution in [-0.2, 0) is 14.2 Å². The van der Waals surface area contributed by atoms with Gasteiger partial charge in [0.1, 0.15) is 24.4 Å². The SMILES string of the molecule is CC(C)[C@@H](OC(N)=O)[C]1C[C@@H](C)[C@H]2[C](O1)[C@H](O)[C@@]1(C)[C]3CC[C@H]4C(C)(C)C(OC(N)=O)CC[C@@]45C[C@@]35CC[C@]21C. The Bertz CT molecular complexity index is 1080. The number of primary amides is 2. The maximum absolute atomic E-state index is 12.3. The lowest BCUT2D eigenvalue weighted by Crippen LogP contribution is -2.59. The molecule has 6 rings (SSSR count). The summed E-state index contributed by atoms with van der Waals surface area (Å²) in [6.07, 6.45) is 6.51. The van der Waals surface area contributed by atoms with Crippen molar-refractivity contribution in [2.24, 2.45) is 62.2 Å². The van der Waals surface area contributed by atoms with E-state index in [0.717, 1.165) is 44.6 Å². The largest absolute Gasteiger partial charge is 0.446 e. The molecule has 40 heavy (non-hydrogen) atoms. The van der Waals surface area contributed by atoms with Crippen molar-refractivity contribution in [3.8, 4) is 0 Å². The van der Waals surface area contributed by atoms with E-state index in [1.165, 1.54) is 6.42 Å².